The molecule has 138 valence electrons. The van der Waals surface area contributed by atoms with Crippen molar-refractivity contribution in [3.63, 3.8) is 0 Å². The second-order valence-electron chi connectivity index (χ2n) is 6.85. The number of furan rings is 1. The molecule has 2 heterocycles. The summed E-state index contributed by atoms with van der Waals surface area (Å²) < 4.78 is 10.6. The highest BCUT2D eigenvalue weighted by Gasteiger charge is 2.29. The summed E-state index contributed by atoms with van der Waals surface area (Å²) in [6.07, 6.45) is 7.15. The molecule has 0 saturated carbocycles. The van der Waals surface area contributed by atoms with E-state index in [1.54, 1.807) is 24.5 Å². The number of fused-ring (bicyclic) bond motifs is 1. The predicted octanol–water partition coefficient (Wildman–Crippen LogP) is 4.68. The smallest absolute Gasteiger partial charge is 0.341 e. The van der Waals surface area contributed by atoms with Gasteiger partial charge in [0.05, 0.1) is 17.9 Å². The highest BCUT2D eigenvalue weighted by molar-refractivity contribution is 7.17. The molecule has 6 heteroatoms. The summed E-state index contributed by atoms with van der Waals surface area (Å²) in [5, 5.41) is 3.42. The van der Waals surface area contributed by atoms with Crippen LogP contribution in [0.1, 0.15) is 53.8 Å². The molecule has 1 N–H and O–H groups in total. The fourth-order valence-corrected chi connectivity index (χ4v) is 4.43. The molecule has 1 atom stereocenters. The van der Waals surface area contributed by atoms with Gasteiger partial charge in [-0.2, -0.15) is 0 Å². The zero-order chi connectivity index (χ0) is 18.7. The fraction of sp³-hybridized carbons (Fsp3) is 0.400. The van der Waals surface area contributed by atoms with Gasteiger partial charge in [0, 0.05) is 11.0 Å². The zero-order valence-corrected chi connectivity index (χ0v) is 16.0. The first-order valence-corrected chi connectivity index (χ1v) is 9.63. The molecule has 2 aromatic rings. The summed E-state index contributed by atoms with van der Waals surface area (Å²) in [7, 11) is 0. The molecule has 26 heavy (non-hydrogen) atoms. The van der Waals surface area contributed by atoms with Crippen LogP contribution in [0.4, 0.5) is 5.00 Å². The van der Waals surface area contributed by atoms with Gasteiger partial charge in [0.25, 0.3) is 0 Å². The topological polar surface area (TPSA) is 68.5 Å². The van der Waals surface area contributed by atoms with Crippen molar-refractivity contribution in [1.29, 1.82) is 0 Å². The highest BCUT2D eigenvalue weighted by Crippen LogP contribution is 2.40. The molecule has 0 radical (unpaired) electrons. The summed E-state index contributed by atoms with van der Waals surface area (Å²) in [6.45, 7) is 5.85. The Balaban J connectivity index is 1.85. The van der Waals surface area contributed by atoms with Gasteiger partial charge in [-0.3, -0.25) is 4.79 Å². The van der Waals surface area contributed by atoms with Crippen LogP contribution in [0, 0.1) is 5.92 Å². The van der Waals surface area contributed by atoms with Gasteiger partial charge in [-0.05, 0) is 62.8 Å². The zero-order valence-electron chi connectivity index (χ0n) is 15.2. The molecule has 0 aromatic carbocycles. The van der Waals surface area contributed by atoms with Crippen LogP contribution < -0.4 is 5.32 Å². The minimum Gasteiger partial charge on any atom is -0.465 e. The molecule has 1 aliphatic carbocycles. The van der Waals surface area contributed by atoms with Crippen molar-refractivity contribution in [2.75, 3.05) is 5.32 Å². The first-order chi connectivity index (χ1) is 12.4. The third-order valence-corrected chi connectivity index (χ3v) is 5.41. The first-order valence-electron chi connectivity index (χ1n) is 8.82. The molecular formula is C20H23NO4S. The number of rotatable bonds is 5. The predicted molar refractivity (Wildman–Crippen MR) is 102 cm³/mol. The van der Waals surface area contributed by atoms with Crippen molar-refractivity contribution in [3.05, 3.63) is 46.2 Å². The molecular weight excluding hydrogens is 350 g/mol. The van der Waals surface area contributed by atoms with Crippen LogP contribution in [0.2, 0.25) is 0 Å². The Morgan fingerprint density at radius 2 is 2.23 bits per heavy atom. The summed E-state index contributed by atoms with van der Waals surface area (Å²) in [6, 6.07) is 3.52. The summed E-state index contributed by atoms with van der Waals surface area (Å²) in [4.78, 5) is 26.1. The maximum absolute atomic E-state index is 12.6. The normalized spacial score (nSPS) is 16.7. The number of carbonyl (C=O) groups is 2. The van der Waals surface area contributed by atoms with Crippen LogP contribution in [-0.2, 0) is 22.4 Å². The SMILES string of the molecule is CC(C)OC(=O)c1c(NC(=O)/C=C\c2ccco2)sc2c1CC[C@H](C)C2. The Hall–Kier alpha value is -2.34. The number of esters is 1. The Kier molecular flexibility index (Phi) is 5.61. The van der Waals surface area contributed by atoms with Gasteiger partial charge in [0.1, 0.15) is 10.8 Å². The van der Waals surface area contributed by atoms with Crippen LogP contribution in [0.25, 0.3) is 6.08 Å². The summed E-state index contributed by atoms with van der Waals surface area (Å²) in [5.74, 6) is 0.514. The van der Waals surface area contributed by atoms with Crippen molar-refractivity contribution >= 4 is 34.3 Å². The van der Waals surface area contributed by atoms with Gasteiger partial charge in [0.2, 0.25) is 5.91 Å². The van der Waals surface area contributed by atoms with Gasteiger partial charge < -0.3 is 14.5 Å². The second-order valence-corrected chi connectivity index (χ2v) is 7.95. The summed E-state index contributed by atoms with van der Waals surface area (Å²) >= 11 is 1.48. The van der Waals surface area contributed by atoms with E-state index < -0.39 is 0 Å². The van der Waals surface area contributed by atoms with E-state index in [9.17, 15) is 9.59 Å². The van der Waals surface area contributed by atoms with Gasteiger partial charge in [-0.25, -0.2) is 4.79 Å². The Labute approximate surface area is 157 Å². The van der Waals surface area contributed by atoms with E-state index in [1.165, 1.54) is 22.3 Å². The Morgan fingerprint density at radius 1 is 1.42 bits per heavy atom. The van der Waals surface area contributed by atoms with E-state index in [-0.39, 0.29) is 18.0 Å². The third-order valence-electron chi connectivity index (χ3n) is 4.24. The van der Waals surface area contributed by atoms with Crippen molar-refractivity contribution < 1.29 is 18.7 Å². The molecule has 2 aromatic heterocycles. The van der Waals surface area contributed by atoms with E-state index in [1.807, 2.05) is 13.8 Å². The van der Waals surface area contributed by atoms with Crippen molar-refractivity contribution in [1.82, 2.24) is 0 Å². The van der Waals surface area contributed by atoms with E-state index in [2.05, 4.69) is 12.2 Å². The van der Waals surface area contributed by atoms with Crippen LogP contribution in [0.15, 0.2) is 28.9 Å². The minimum atomic E-state index is -0.364. The van der Waals surface area contributed by atoms with Crippen LogP contribution in [-0.4, -0.2) is 18.0 Å². The number of hydrogen-bond donors (Lipinski definition) is 1. The maximum atomic E-state index is 12.6. The lowest BCUT2D eigenvalue weighted by atomic mass is 9.88. The first kappa shape index (κ1) is 18.5. The third kappa shape index (κ3) is 4.25. The average molecular weight is 373 g/mol. The number of amides is 1. The lowest BCUT2D eigenvalue weighted by Crippen LogP contribution is -2.18. The molecule has 0 saturated heterocycles. The van der Waals surface area contributed by atoms with E-state index >= 15 is 0 Å². The quantitative estimate of drug-likeness (QED) is 0.610. The molecule has 0 spiro atoms. The van der Waals surface area contributed by atoms with E-state index in [4.69, 9.17) is 9.15 Å². The van der Waals surface area contributed by atoms with Crippen LogP contribution in [0.5, 0.6) is 0 Å². The maximum Gasteiger partial charge on any atom is 0.341 e. The van der Waals surface area contributed by atoms with E-state index in [0.29, 0.717) is 22.2 Å². The van der Waals surface area contributed by atoms with E-state index in [0.717, 1.165) is 24.8 Å². The van der Waals surface area contributed by atoms with Crippen molar-refractivity contribution in [2.24, 2.45) is 5.92 Å². The Morgan fingerprint density at radius 3 is 2.92 bits per heavy atom. The molecule has 0 unspecified atom stereocenters. The lowest BCUT2D eigenvalue weighted by Gasteiger charge is -2.18. The standard InChI is InChI=1S/C20H23NO4S/c1-12(2)25-20(23)18-15-8-6-13(3)11-16(15)26-19(18)21-17(22)9-7-14-5-4-10-24-14/h4-5,7,9-10,12-13H,6,8,11H2,1-3H3,(H,21,22)/b9-7-/t13-/m0/s1. The largest absolute Gasteiger partial charge is 0.465 e. The average Bonchev–Trinajstić information content (AvgIpc) is 3.18. The summed E-state index contributed by atoms with van der Waals surface area (Å²) in [5.41, 5.74) is 1.55. The van der Waals surface area contributed by atoms with Gasteiger partial charge >= 0.3 is 5.97 Å². The van der Waals surface area contributed by atoms with Crippen LogP contribution in [0.3, 0.4) is 0 Å². The minimum absolute atomic E-state index is 0.206. The molecule has 1 amide bonds. The molecule has 3 rings (SSSR count). The number of thiophene rings is 1. The molecule has 0 bridgehead atoms. The van der Waals surface area contributed by atoms with Gasteiger partial charge in [0.15, 0.2) is 0 Å². The number of anilines is 1. The van der Waals surface area contributed by atoms with Crippen molar-refractivity contribution in [2.45, 2.75) is 46.1 Å². The highest BCUT2D eigenvalue weighted by atomic mass is 32.1. The molecule has 0 aliphatic heterocycles. The van der Waals surface area contributed by atoms with Crippen molar-refractivity contribution in [3.8, 4) is 0 Å². The van der Waals surface area contributed by atoms with Gasteiger partial charge in [-0.1, -0.05) is 6.92 Å². The lowest BCUT2D eigenvalue weighted by molar-refractivity contribution is -0.111. The molecule has 1 aliphatic rings. The monoisotopic (exact) mass is 373 g/mol. The number of carbonyl (C=O) groups excluding carboxylic acids is 2. The molecule has 5 nitrogen and oxygen atoms in total. The number of ether oxygens (including phenoxy) is 1. The Bertz CT molecular complexity index is 817. The fourth-order valence-electron chi connectivity index (χ4n) is 3.03. The van der Waals surface area contributed by atoms with Gasteiger partial charge in [-0.15, -0.1) is 11.3 Å². The van der Waals surface area contributed by atoms with Crippen LogP contribution >= 0.6 is 11.3 Å². The second kappa shape index (κ2) is 7.91. The number of nitrogens with one attached hydrogen (secondary N) is 1. The molecule has 0 fully saturated rings. The number of hydrogen-bond acceptors (Lipinski definition) is 5.